The molecule has 1 saturated carbocycles. The lowest BCUT2D eigenvalue weighted by Crippen LogP contribution is -2.40. The molecule has 2 heteroatoms. The maximum absolute atomic E-state index is 6.12. The third-order valence-electron chi connectivity index (χ3n) is 4.50. The van der Waals surface area contributed by atoms with E-state index in [0.717, 1.165) is 19.6 Å². The smallest absolute Gasteiger partial charge is 0.0230 e. The highest BCUT2D eigenvalue weighted by atomic mass is 15.1. The lowest BCUT2D eigenvalue weighted by molar-refractivity contribution is 0.153. The Balaban J connectivity index is 1.93. The molecule has 0 saturated heterocycles. The zero-order chi connectivity index (χ0) is 13.6. The normalized spacial score (nSPS) is 19.3. The summed E-state index contributed by atoms with van der Waals surface area (Å²) in [5.74, 6) is 0. The van der Waals surface area contributed by atoms with Gasteiger partial charge in [-0.1, -0.05) is 56.0 Å². The summed E-state index contributed by atoms with van der Waals surface area (Å²) in [6.45, 7) is 3.01. The third-order valence-corrected chi connectivity index (χ3v) is 4.50. The summed E-state index contributed by atoms with van der Waals surface area (Å²) in [4.78, 5) is 2.45. The van der Waals surface area contributed by atoms with Crippen LogP contribution in [0.5, 0.6) is 0 Å². The fraction of sp³-hybridized carbons (Fsp3) is 0.647. The van der Waals surface area contributed by atoms with Crippen LogP contribution in [-0.2, 0) is 6.54 Å². The highest BCUT2D eigenvalue weighted by Crippen LogP contribution is 2.34. The van der Waals surface area contributed by atoms with Gasteiger partial charge < -0.3 is 10.6 Å². The molecule has 0 atom stereocenters. The van der Waals surface area contributed by atoms with Crippen molar-refractivity contribution < 1.29 is 0 Å². The molecule has 0 aromatic heterocycles. The van der Waals surface area contributed by atoms with Crippen molar-refractivity contribution in [1.82, 2.24) is 4.90 Å². The first kappa shape index (κ1) is 14.5. The van der Waals surface area contributed by atoms with Crippen LogP contribution in [-0.4, -0.2) is 25.0 Å². The molecule has 2 nitrogen and oxygen atoms in total. The third kappa shape index (κ3) is 4.32. The van der Waals surface area contributed by atoms with Crippen molar-refractivity contribution in [3.8, 4) is 0 Å². The fourth-order valence-corrected chi connectivity index (χ4v) is 3.43. The SMILES string of the molecule is CN(Cc1ccccc1)CC1(CN)CCCCCC1. The Kier molecular flexibility index (Phi) is 5.41. The van der Waals surface area contributed by atoms with Gasteiger partial charge >= 0.3 is 0 Å². The molecule has 0 heterocycles. The van der Waals surface area contributed by atoms with Crippen LogP contribution in [0.25, 0.3) is 0 Å². The van der Waals surface area contributed by atoms with Crippen LogP contribution in [0.2, 0.25) is 0 Å². The molecule has 0 amide bonds. The maximum atomic E-state index is 6.12. The van der Waals surface area contributed by atoms with Crippen molar-refractivity contribution in [2.24, 2.45) is 11.1 Å². The molecule has 1 aromatic carbocycles. The summed E-state index contributed by atoms with van der Waals surface area (Å²) in [5.41, 5.74) is 7.88. The van der Waals surface area contributed by atoms with Gasteiger partial charge in [0.2, 0.25) is 0 Å². The Morgan fingerprint density at radius 2 is 1.68 bits per heavy atom. The number of hydrogen-bond acceptors (Lipinski definition) is 2. The second kappa shape index (κ2) is 7.06. The van der Waals surface area contributed by atoms with E-state index in [1.807, 2.05) is 0 Å². The van der Waals surface area contributed by atoms with Crippen LogP contribution in [0.1, 0.15) is 44.1 Å². The van der Waals surface area contributed by atoms with Crippen LogP contribution in [0.15, 0.2) is 30.3 Å². The van der Waals surface area contributed by atoms with Crippen LogP contribution in [0.3, 0.4) is 0 Å². The van der Waals surface area contributed by atoms with Gasteiger partial charge in [0.25, 0.3) is 0 Å². The first-order chi connectivity index (χ1) is 9.24. The average Bonchev–Trinajstić information content (AvgIpc) is 2.66. The summed E-state index contributed by atoms with van der Waals surface area (Å²) in [6, 6.07) is 10.7. The summed E-state index contributed by atoms with van der Waals surface area (Å²) < 4.78 is 0. The highest BCUT2D eigenvalue weighted by Gasteiger charge is 2.30. The van der Waals surface area contributed by atoms with Crippen molar-refractivity contribution in [2.45, 2.75) is 45.1 Å². The first-order valence-electron chi connectivity index (χ1n) is 7.67. The Morgan fingerprint density at radius 3 is 2.26 bits per heavy atom. The zero-order valence-electron chi connectivity index (χ0n) is 12.3. The Hall–Kier alpha value is -0.860. The summed E-state index contributed by atoms with van der Waals surface area (Å²) in [7, 11) is 2.23. The second-order valence-electron chi connectivity index (χ2n) is 6.28. The van der Waals surface area contributed by atoms with Crippen molar-refractivity contribution in [2.75, 3.05) is 20.1 Å². The fourth-order valence-electron chi connectivity index (χ4n) is 3.43. The van der Waals surface area contributed by atoms with Gasteiger partial charge in [0, 0.05) is 13.1 Å². The molecule has 2 rings (SSSR count). The summed E-state index contributed by atoms with van der Waals surface area (Å²) >= 11 is 0. The molecule has 106 valence electrons. The van der Waals surface area contributed by atoms with E-state index < -0.39 is 0 Å². The molecule has 0 spiro atoms. The minimum atomic E-state index is 0.361. The molecule has 2 N–H and O–H groups in total. The maximum Gasteiger partial charge on any atom is 0.0230 e. The molecule has 1 aliphatic rings. The van der Waals surface area contributed by atoms with Crippen molar-refractivity contribution in [3.63, 3.8) is 0 Å². The van der Waals surface area contributed by atoms with Crippen LogP contribution >= 0.6 is 0 Å². The Bertz CT molecular complexity index is 353. The van der Waals surface area contributed by atoms with Crippen molar-refractivity contribution >= 4 is 0 Å². The highest BCUT2D eigenvalue weighted by molar-refractivity contribution is 5.14. The quantitative estimate of drug-likeness (QED) is 0.822. The van der Waals surface area contributed by atoms with Gasteiger partial charge in [0.05, 0.1) is 0 Å². The van der Waals surface area contributed by atoms with Crippen molar-refractivity contribution in [1.29, 1.82) is 0 Å². The number of nitrogens with zero attached hydrogens (tertiary/aromatic N) is 1. The Labute approximate surface area is 118 Å². The van der Waals surface area contributed by atoms with Crippen molar-refractivity contribution in [3.05, 3.63) is 35.9 Å². The molecule has 1 aliphatic carbocycles. The minimum Gasteiger partial charge on any atom is -0.330 e. The van der Waals surface area contributed by atoms with E-state index in [-0.39, 0.29) is 0 Å². The van der Waals surface area contributed by atoms with E-state index in [9.17, 15) is 0 Å². The molecule has 0 unspecified atom stereocenters. The van der Waals surface area contributed by atoms with Gasteiger partial charge in [-0.3, -0.25) is 0 Å². The van der Waals surface area contributed by atoms with E-state index in [1.54, 1.807) is 0 Å². The Morgan fingerprint density at radius 1 is 1.05 bits per heavy atom. The molecule has 0 radical (unpaired) electrons. The lowest BCUT2D eigenvalue weighted by atomic mass is 9.80. The molecule has 1 aromatic rings. The number of nitrogens with two attached hydrogens (primary N) is 1. The topological polar surface area (TPSA) is 29.3 Å². The number of benzene rings is 1. The van der Waals surface area contributed by atoms with E-state index in [0.29, 0.717) is 5.41 Å². The van der Waals surface area contributed by atoms with Gasteiger partial charge in [0.1, 0.15) is 0 Å². The zero-order valence-corrected chi connectivity index (χ0v) is 12.3. The molecular formula is C17H28N2. The van der Waals surface area contributed by atoms with Crippen LogP contribution in [0.4, 0.5) is 0 Å². The van der Waals surface area contributed by atoms with Gasteiger partial charge in [0.15, 0.2) is 0 Å². The molecule has 1 fully saturated rings. The van der Waals surface area contributed by atoms with Crippen LogP contribution < -0.4 is 5.73 Å². The lowest BCUT2D eigenvalue weighted by Gasteiger charge is -2.35. The van der Waals surface area contributed by atoms with E-state index in [4.69, 9.17) is 5.73 Å². The monoisotopic (exact) mass is 260 g/mol. The largest absolute Gasteiger partial charge is 0.330 e. The minimum absolute atomic E-state index is 0.361. The predicted octanol–water partition coefficient (Wildman–Crippen LogP) is 3.42. The van der Waals surface area contributed by atoms with Gasteiger partial charge in [-0.15, -0.1) is 0 Å². The first-order valence-corrected chi connectivity index (χ1v) is 7.67. The second-order valence-corrected chi connectivity index (χ2v) is 6.28. The van der Waals surface area contributed by atoms with Gasteiger partial charge in [-0.2, -0.15) is 0 Å². The molecule has 19 heavy (non-hydrogen) atoms. The molecule has 0 bridgehead atoms. The molecular weight excluding hydrogens is 232 g/mol. The van der Waals surface area contributed by atoms with E-state index >= 15 is 0 Å². The number of rotatable bonds is 5. The van der Waals surface area contributed by atoms with Crippen LogP contribution in [0, 0.1) is 5.41 Å². The summed E-state index contributed by atoms with van der Waals surface area (Å²) in [5, 5.41) is 0. The van der Waals surface area contributed by atoms with Gasteiger partial charge in [-0.05, 0) is 37.4 Å². The van der Waals surface area contributed by atoms with E-state index in [1.165, 1.54) is 44.1 Å². The standard InChI is InChI=1S/C17H28N2/c1-19(13-16-9-5-4-6-10-16)15-17(14-18)11-7-2-3-8-12-17/h4-6,9-10H,2-3,7-8,11-15,18H2,1H3. The predicted molar refractivity (Wildman–Crippen MR) is 82.0 cm³/mol. The summed E-state index contributed by atoms with van der Waals surface area (Å²) in [6.07, 6.45) is 8.12. The average molecular weight is 260 g/mol. The van der Waals surface area contributed by atoms with E-state index in [2.05, 4.69) is 42.3 Å². The van der Waals surface area contributed by atoms with Gasteiger partial charge in [-0.25, -0.2) is 0 Å². The number of hydrogen-bond donors (Lipinski definition) is 1. The molecule has 0 aliphatic heterocycles.